The molecular formula is C21H27N3O4S. The number of thiophene rings is 1. The number of nitrogens with one attached hydrogen (secondary N) is 1. The average Bonchev–Trinajstić information content (AvgIpc) is 3.50. The summed E-state index contributed by atoms with van der Waals surface area (Å²) in [4.78, 5) is 30.4. The molecule has 156 valence electrons. The minimum Gasteiger partial charge on any atom is -0.465 e. The van der Waals surface area contributed by atoms with Crippen LogP contribution in [0.5, 0.6) is 0 Å². The molecular weight excluding hydrogens is 390 g/mol. The largest absolute Gasteiger partial charge is 0.465 e. The first-order valence-corrected chi connectivity index (χ1v) is 11.0. The second-order valence-electron chi connectivity index (χ2n) is 7.49. The number of nitrogens with zero attached hydrogens (tertiary/aromatic N) is 2. The van der Waals surface area contributed by atoms with Crippen LogP contribution in [0.4, 0.5) is 0 Å². The zero-order chi connectivity index (χ0) is 20.2. The van der Waals surface area contributed by atoms with Crippen LogP contribution in [0.15, 0.2) is 34.1 Å². The summed E-state index contributed by atoms with van der Waals surface area (Å²) in [5.74, 6) is 1.56. The van der Waals surface area contributed by atoms with E-state index in [2.05, 4.69) is 10.2 Å². The molecule has 0 bridgehead atoms. The van der Waals surface area contributed by atoms with E-state index in [9.17, 15) is 9.59 Å². The second-order valence-corrected chi connectivity index (χ2v) is 8.44. The minimum absolute atomic E-state index is 0.0422. The maximum atomic E-state index is 13.0. The number of ether oxygens (including phenoxy) is 1. The van der Waals surface area contributed by atoms with E-state index in [1.54, 1.807) is 4.90 Å². The highest BCUT2D eigenvalue weighted by Crippen LogP contribution is 2.25. The summed E-state index contributed by atoms with van der Waals surface area (Å²) < 4.78 is 11.3. The first kappa shape index (κ1) is 20.1. The second kappa shape index (κ2) is 9.11. The molecule has 2 aromatic rings. The minimum atomic E-state index is -0.409. The number of carbonyl (C=O) groups excluding carboxylic acids is 2. The molecule has 1 N–H and O–H groups in total. The number of likely N-dealkylation sites (tertiary alicyclic amines) is 1. The molecule has 0 aromatic carbocycles. The van der Waals surface area contributed by atoms with Gasteiger partial charge in [-0.3, -0.25) is 14.5 Å². The Morgan fingerprint density at radius 3 is 2.76 bits per heavy atom. The van der Waals surface area contributed by atoms with E-state index in [1.165, 1.54) is 11.3 Å². The van der Waals surface area contributed by atoms with E-state index in [1.807, 2.05) is 36.6 Å². The molecule has 2 fully saturated rings. The zero-order valence-corrected chi connectivity index (χ0v) is 17.5. The lowest BCUT2D eigenvalue weighted by atomic mass is 10.1. The number of hydrogen-bond donors (Lipinski definition) is 1. The monoisotopic (exact) mass is 417 g/mol. The molecule has 0 radical (unpaired) electrons. The Bertz CT molecular complexity index is 829. The van der Waals surface area contributed by atoms with E-state index >= 15 is 0 Å². The standard InChI is InChI=1S/C21H27N3O4S/c1-15-6-7-18(28-15)17(23-9-11-27-12-10-23)14-22-20(25)16-4-2-8-24(16)21(26)19-5-3-13-29-19/h3,5-7,13,16-17H,2,4,8-12,14H2,1H3,(H,22,25)/t16-,17?/m0/s1. The van der Waals surface area contributed by atoms with Crippen molar-refractivity contribution < 1.29 is 18.7 Å². The van der Waals surface area contributed by atoms with Gasteiger partial charge in [-0.05, 0) is 43.3 Å². The average molecular weight is 418 g/mol. The molecule has 2 aromatic heterocycles. The quantitative estimate of drug-likeness (QED) is 0.781. The number of morpholine rings is 1. The number of carbonyl (C=O) groups is 2. The Morgan fingerprint density at radius 1 is 1.24 bits per heavy atom. The van der Waals surface area contributed by atoms with Crippen molar-refractivity contribution in [1.82, 2.24) is 15.1 Å². The number of hydrogen-bond acceptors (Lipinski definition) is 6. The van der Waals surface area contributed by atoms with Crippen LogP contribution >= 0.6 is 11.3 Å². The smallest absolute Gasteiger partial charge is 0.264 e. The third kappa shape index (κ3) is 4.55. The summed E-state index contributed by atoms with van der Waals surface area (Å²) in [6, 6.07) is 7.15. The van der Waals surface area contributed by atoms with E-state index < -0.39 is 6.04 Å². The predicted octanol–water partition coefficient (Wildman–Crippen LogP) is 2.44. The predicted molar refractivity (Wildman–Crippen MR) is 110 cm³/mol. The number of furan rings is 1. The van der Waals surface area contributed by atoms with Crippen molar-refractivity contribution in [2.24, 2.45) is 0 Å². The SMILES string of the molecule is Cc1ccc(C(CNC(=O)[C@@H]2CCCN2C(=O)c2cccs2)N2CCOCC2)o1. The Balaban J connectivity index is 1.42. The molecule has 29 heavy (non-hydrogen) atoms. The molecule has 0 aliphatic carbocycles. The summed E-state index contributed by atoms with van der Waals surface area (Å²) in [7, 11) is 0. The van der Waals surface area contributed by atoms with Crippen molar-refractivity contribution in [3.8, 4) is 0 Å². The third-order valence-electron chi connectivity index (χ3n) is 5.59. The van der Waals surface area contributed by atoms with Crippen molar-refractivity contribution in [2.75, 3.05) is 39.4 Å². The highest BCUT2D eigenvalue weighted by molar-refractivity contribution is 7.12. The molecule has 4 heterocycles. The molecule has 2 saturated heterocycles. The summed E-state index contributed by atoms with van der Waals surface area (Å²) in [5, 5.41) is 4.97. The lowest BCUT2D eigenvalue weighted by Gasteiger charge is -2.34. The fraction of sp³-hybridized carbons (Fsp3) is 0.524. The molecule has 4 rings (SSSR count). The van der Waals surface area contributed by atoms with E-state index in [0.717, 1.165) is 31.0 Å². The van der Waals surface area contributed by atoms with E-state index in [0.29, 0.717) is 37.6 Å². The molecule has 7 nitrogen and oxygen atoms in total. The summed E-state index contributed by atoms with van der Waals surface area (Å²) in [5.41, 5.74) is 0. The Kier molecular flexibility index (Phi) is 6.32. The number of aryl methyl sites for hydroxylation is 1. The van der Waals surface area contributed by atoms with Crippen LogP contribution in [-0.2, 0) is 9.53 Å². The van der Waals surface area contributed by atoms with Crippen molar-refractivity contribution in [3.63, 3.8) is 0 Å². The topological polar surface area (TPSA) is 75.0 Å². The van der Waals surface area contributed by atoms with Gasteiger partial charge in [-0.1, -0.05) is 6.07 Å². The van der Waals surface area contributed by atoms with E-state index in [-0.39, 0.29) is 17.9 Å². The Labute approximate surface area is 174 Å². The maximum Gasteiger partial charge on any atom is 0.264 e. The van der Waals surface area contributed by atoms with Crippen LogP contribution in [0.1, 0.15) is 40.1 Å². The van der Waals surface area contributed by atoms with Crippen LogP contribution in [-0.4, -0.2) is 67.0 Å². The maximum absolute atomic E-state index is 13.0. The fourth-order valence-electron chi connectivity index (χ4n) is 4.07. The summed E-state index contributed by atoms with van der Waals surface area (Å²) in [6.07, 6.45) is 1.55. The van der Waals surface area contributed by atoms with Crippen molar-refractivity contribution in [2.45, 2.75) is 31.8 Å². The molecule has 0 saturated carbocycles. The van der Waals surface area contributed by atoms with Gasteiger partial charge < -0.3 is 19.4 Å². The van der Waals surface area contributed by atoms with Gasteiger partial charge in [0, 0.05) is 26.2 Å². The van der Waals surface area contributed by atoms with Crippen LogP contribution < -0.4 is 5.32 Å². The molecule has 0 spiro atoms. The zero-order valence-electron chi connectivity index (χ0n) is 16.6. The van der Waals surface area contributed by atoms with Gasteiger partial charge in [0.1, 0.15) is 17.6 Å². The molecule has 2 atom stereocenters. The van der Waals surface area contributed by atoms with Gasteiger partial charge in [-0.2, -0.15) is 0 Å². The summed E-state index contributed by atoms with van der Waals surface area (Å²) in [6.45, 7) is 5.94. The Morgan fingerprint density at radius 2 is 2.07 bits per heavy atom. The lowest BCUT2D eigenvalue weighted by molar-refractivity contribution is -0.125. The van der Waals surface area contributed by atoms with E-state index in [4.69, 9.17) is 9.15 Å². The van der Waals surface area contributed by atoms with Crippen molar-refractivity contribution >= 4 is 23.2 Å². The highest BCUT2D eigenvalue weighted by atomic mass is 32.1. The normalized spacial score (nSPS) is 21.3. The molecule has 2 aliphatic rings. The van der Waals surface area contributed by atoms with Gasteiger partial charge in [-0.25, -0.2) is 0 Å². The fourth-order valence-corrected chi connectivity index (χ4v) is 4.75. The highest BCUT2D eigenvalue weighted by Gasteiger charge is 2.35. The van der Waals surface area contributed by atoms with Gasteiger partial charge in [0.15, 0.2) is 0 Å². The van der Waals surface area contributed by atoms with Gasteiger partial charge >= 0.3 is 0 Å². The number of amides is 2. The molecule has 1 unspecified atom stereocenters. The van der Waals surface area contributed by atoms with Crippen LogP contribution in [0.25, 0.3) is 0 Å². The van der Waals surface area contributed by atoms with Gasteiger partial charge in [0.2, 0.25) is 5.91 Å². The molecule has 2 amide bonds. The first-order chi connectivity index (χ1) is 14.1. The molecule has 8 heteroatoms. The van der Waals surface area contributed by atoms with Gasteiger partial charge in [0.05, 0.1) is 24.1 Å². The number of rotatable bonds is 6. The van der Waals surface area contributed by atoms with Gasteiger partial charge in [-0.15, -0.1) is 11.3 Å². The molecule has 2 aliphatic heterocycles. The van der Waals surface area contributed by atoms with Crippen LogP contribution in [0.2, 0.25) is 0 Å². The van der Waals surface area contributed by atoms with Crippen molar-refractivity contribution in [3.05, 3.63) is 46.0 Å². The van der Waals surface area contributed by atoms with Gasteiger partial charge in [0.25, 0.3) is 5.91 Å². The summed E-state index contributed by atoms with van der Waals surface area (Å²) >= 11 is 1.41. The first-order valence-electron chi connectivity index (χ1n) is 10.1. The van der Waals surface area contributed by atoms with Crippen LogP contribution in [0.3, 0.4) is 0 Å². The third-order valence-corrected chi connectivity index (χ3v) is 6.45. The lowest BCUT2D eigenvalue weighted by Crippen LogP contribution is -2.49. The van der Waals surface area contributed by atoms with Crippen molar-refractivity contribution in [1.29, 1.82) is 0 Å². The van der Waals surface area contributed by atoms with Crippen LogP contribution in [0, 0.1) is 6.92 Å². The Hall–Kier alpha value is -2.16.